The molecule has 2 heterocycles. The van der Waals surface area contributed by atoms with Gasteiger partial charge >= 0.3 is 0 Å². The van der Waals surface area contributed by atoms with Gasteiger partial charge in [-0.1, -0.05) is 18.2 Å². The number of aromatic nitrogens is 1. The average Bonchev–Trinajstić information content (AvgIpc) is 2.44. The van der Waals surface area contributed by atoms with Crippen LogP contribution in [0.2, 0.25) is 0 Å². The van der Waals surface area contributed by atoms with Crippen LogP contribution in [0.3, 0.4) is 0 Å². The number of carbonyl (C=O) groups is 2. The summed E-state index contributed by atoms with van der Waals surface area (Å²) in [6, 6.07) is 9.37. The van der Waals surface area contributed by atoms with Gasteiger partial charge in [-0.05, 0) is 12.1 Å². The van der Waals surface area contributed by atoms with E-state index in [0.29, 0.717) is 18.8 Å². The molecule has 1 aromatic heterocycles. The number of fused-ring (bicyclic) bond motifs is 1. The summed E-state index contributed by atoms with van der Waals surface area (Å²) in [5.74, 6) is -0.356. The predicted molar refractivity (Wildman–Crippen MR) is 79.7 cm³/mol. The fourth-order valence-corrected chi connectivity index (χ4v) is 2.19. The fourth-order valence-electron chi connectivity index (χ4n) is 2.19. The van der Waals surface area contributed by atoms with Crippen molar-refractivity contribution < 1.29 is 9.59 Å². The van der Waals surface area contributed by atoms with Gasteiger partial charge in [0.2, 0.25) is 11.8 Å². The second-order valence-electron chi connectivity index (χ2n) is 5.00. The summed E-state index contributed by atoms with van der Waals surface area (Å²) in [5.41, 5.74) is 1.39. The highest BCUT2D eigenvalue weighted by Crippen LogP contribution is 2.20. The van der Waals surface area contributed by atoms with E-state index in [4.69, 9.17) is 0 Å². The van der Waals surface area contributed by atoms with Crippen LogP contribution in [0, 0.1) is 5.92 Å². The van der Waals surface area contributed by atoms with Crippen molar-refractivity contribution in [2.24, 2.45) is 5.92 Å². The molecule has 6 heteroatoms. The van der Waals surface area contributed by atoms with Crippen molar-refractivity contribution in [2.75, 3.05) is 25.0 Å². The third-order valence-corrected chi connectivity index (χ3v) is 3.48. The van der Waals surface area contributed by atoms with E-state index in [1.165, 1.54) is 0 Å². The van der Waals surface area contributed by atoms with E-state index in [9.17, 15) is 9.59 Å². The second kappa shape index (κ2) is 5.88. The van der Waals surface area contributed by atoms with Crippen LogP contribution in [0.1, 0.15) is 0 Å². The van der Waals surface area contributed by atoms with Crippen molar-refractivity contribution in [2.45, 2.75) is 0 Å². The minimum Gasteiger partial charge on any atom is -0.347 e. The molecule has 6 nitrogen and oxygen atoms in total. The zero-order chi connectivity index (χ0) is 14.7. The first-order valence-electron chi connectivity index (χ1n) is 6.86. The molecule has 1 fully saturated rings. The first kappa shape index (κ1) is 13.5. The molecule has 0 bridgehead atoms. The van der Waals surface area contributed by atoms with Gasteiger partial charge in [-0.2, -0.15) is 0 Å². The number of para-hydroxylation sites is 1. The van der Waals surface area contributed by atoms with Crippen molar-refractivity contribution in [1.82, 2.24) is 15.6 Å². The maximum atomic E-state index is 11.9. The van der Waals surface area contributed by atoms with Gasteiger partial charge in [-0.15, -0.1) is 0 Å². The molecule has 2 amide bonds. The molecule has 3 N–H and O–H groups in total. The third kappa shape index (κ3) is 3.00. The van der Waals surface area contributed by atoms with Crippen LogP contribution in [-0.2, 0) is 9.59 Å². The van der Waals surface area contributed by atoms with Gasteiger partial charge in [0.1, 0.15) is 0 Å². The van der Waals surface area contributed by atoms with E-state index in [1.807, 2.05) is 24.3 Å². The molecule has 0 unspecified atom stereocenters. The fraction of sp³-hybridized carbons (Fsp3) is 0.267. The van der Waals surface area contributed by atoms with Crippen molar-refractivity contribution in [3.63, 3.8) is 0 Å². The summed E-state index contributed by atoms with van der Waals surface area (Å²) in [5, 5.41) is 9.40. The molecule has 0 radical (unpaired) electrons. The van der Waals surface area contributed by atoms with Crippen LogP contribution in [0.15, 0.2) is 36.5 Å². The molecule has 0 saturated carbocycles. The molecule has 21 heavy (non-hydrogen) atoms. The van der Waals surface area contributed by atoms with Crippen molar-refractivity contribution in [3.8, 4) is 0 Å². The highest BCUT2D eigenvalue weighted by Gasteiger charge is 2.24. The van der Waals surface area contributed by atoms with Gasteiger partial charge < -0.3 is 16.0 Å². The number of amides is 2. The Morgan fingerprint density at radius 3 is 2.81 bits per heavy atom. The Balaban J connectivity index is 1.62. The molecular formula is C15H16N4O2. The van der Waals surface area contributed by atoms with E-state index in [1.54, 1.807) is 12.3 Å². The Kier molecular flexibility index (Phi) is 3.79. The van der Waals surface area contributed by atoms with Crippen LogP contribution in [0.5, 0.6) is 0 Å². The minimum atomic E-state index is -0.256. The quantitative estimate of drug-likeness (QED) is 0.764. The summed E-state index contributed by atoms with van der Waals surface area (Å²) in [6.07, 6.45) is 1.68. The van der Waals surface area contributed by atoms with Gasteiger partial charge in [-0.25, -0.2) is 0 Å². The van der Waals surface area contributed by atoms with E-state index >= 15 is 0 Å². The molecule has 1 aliphatic heterocycles. The van der Waals surface area contributed by atoms with Crippen LogP contribution >= 0.6 is 0 Å². The van der Waals surface area contributed by atoms with E-state index in [0.717, 1.165) is 10.9 Å². The highest BCUT2D eigenvalue weighted by atomic mass is 16.2. The molecule has 1 saturated heterocycles. The third-order valence-electron chi connectivity index (χ3n) is 3.48. The van der Waals surface area contributed by atoms with E-state index in [-0.39, 0.29) is 24.3 Å². The summed E-state index contributed by atoms with van der Waals surface area (Å²) in [4.78, 5) is 27.8. The molecule has 2 aromatic rings. The lowest BCUT2D eigenvalue weighted by molar-refractivity contribution is -0.128. The number of nitrogens with zero attached hydrogens (tertiary/aromatic N) is 1. The summed E-state index contributed by atoms with van der Waals surface area (Å²) < 4.78 is 0. The summed E-state index contributed by atoms with van der Waals surface area (Å²) >= 11 is 0. The number of carbonyl (C=O) groups excluding carboxylic acids is 2. The molecule has 0 spiro atoms. The SMILES string of the molecule is O=C(CNC(=O)C1CNC1)Nc1cccc2cccnc12. The van der Waals surface area contributed by atoms with Gasteiger partial charge in [0.15, 0.2) is 0 Å². The number of anilines is 1. The number of hydrogen-bond donors (Lipinski definition) is 3. The smallest absolute Gasteiger partial charge is 0.243 e. The Morgan fingerprint density at radius 2 is 2.05 bits per heavy atom. The van der Waals surface area contributed by atoms with E-state index < -0.39 is 0 Å². The Labute approximate surface area is 121 Å². The largest absolute Gasteiger partial charge is 0.347 e. The topological polar surface area (TPSA) is 83.1 Å². The lowest BCUT2D eigenvalue weighted by Gasteiger charge is -2.25. The normalized spacial score (nSPS) is 14.5. The molecular weight excluding hydrogens is 268 g/mol. The average molecular weight is 284 g/mol. The van der Waals surface area contributed by atoms with Crippen LogP contribution < -0.4 is 16.0 Å². The van der Waals surface area contributed by atoms with E-state index in [2.05, 4.69) is 20.9 Å². The Morgan fingerprint density at radius 1 is 1.24 bits per heavy atom. The molecule has 0 aliphatic carbocycles. The lowest BCUT2D eigenvalue weighted by atomic mass is 10.0. The minimum absolute atomic E-state index is 0.0166. The van der Waals surface area contributed by atoms with Crippen LogP contribution in [0.25, 0.3) is 10.9 Å². The van der Waals surface area contributed by atoms with Crippen LogP contribution in [-0.4, -0.2) is 36.4 Å². The summed E-state index contributed by atoms with van der Waals surface area (Å²) in [7, 11) is 0. The van der Waals surface area contributed by atoms with Gasteiger partial charge in [0, 0.05) is 24.7 Å². The number of rotatable bonds is 4. The second-order valence-corrected chi connectivity index (χ2v) is 5.00. The summed E-state index contributed by atoms with van der Waals surface area (Å²) in [6.45, 7) is 1.33. The standard InChI is InChI=1S/C15H16N4O2/c20-13(9-18-15(21)11-7-16-8-11)19-12-5-1-3-10-4-2-6-17-14(10)12/h1-6,11,16H,7-9H2,(H,18,21)(H,19,20). The maximum Gasteiger partial charge on any atom is 0.243 e. The lowest BCUT2D eigenvalue weighted by Crippen LogP contribution is -2.51. The van der Waals surface area contributed by atoms with Crippen LogP contribution in [0.4, 0.5) is 5.69 Å². The van der Waals surface area contributed by atoms with Gasteiger partial charge in [-0.3, -0.25) is 14.6 Å². The first-order valence-corrected chi connectivity index (χ1v) is 6.86. The number of hydrogen-bond acceptors (Lipinski definition) is 4. The Hall–Kier alpha value is -2.47. The zero-order valence-electron chi connectivity index (χ0n) is 11.4. The van der Waals surface area contributed by atoms with Gasteiger partial charge in [0.05, 0.1) is 23.7 Å². The first-order chi connectivity index (χ1) is 10.2. The number of pyridine rings is 1. The maximum absolute atomic E-state index is 11.9. The van der Waals surface area contributed by atoms with Crippen molar-refractivity contribution in [1.29, 1.82) is 0 Å². The number of nitrogens with one attached hydrogen (secondary N) is 3. The molecule has 0 atom stereocenters. The van der Waals surface area contributed by atoms with Gasteiger partial charge in [0.25, 0.3) is 0 Å². The Bertz CT molecular complexity index is 677. The molecule has 1 aliphatic rings. The molecule has 1 aromatic carbocycles. The van der Waals surface area contributed by atoms with Crippen molar-refractivity contribution in [3.05, 3.63) is 36.5 Å². The number of benzene rings is 1. The highest BCUT2D eigenvalue weighted by molar-refractivity contribution is 6.01. The molecule has 3 rings (SSSR count). The zero-order valence-corrected chi connectivity index (χ0v) is 11.4. The molecule has 108 valence electrons. The van der Waals surface area contributed by atoms with Crippen molar-refractivity contribution >= 4 is 28.4 Å². The monoisotopic (exact) mass is 284 g/mol. The predicted octanol–water partition coefficient (Wildman–Crippen LogP) is 0.509.